The Bertz CT molecular complexity index is 544. The van der Waals surface area contributed by atoms with Crippen LogP contribution in [0.2, 0.25) is 0 Å². The third kappa shape index (κ3) is 7.35. The summed E-state index contributed by atoms with van der Waals surface area (Å²) in [4.78, 5) is 23.1. The largest absolute Gasteiger partial charge is 0.497 e. The van der Waals surface area contributed by atoms with Crippen molar-refractivity contribution in [2.45, 2.75) is 13.8 Å². The van der Waals surface area contributed by atoms with Crippen molar-refractivity contribution >= 4 is 18.0 Å². The molecule has 1 aromatic carbocycles. The number of esters is 1. The number of carbonyl (C=O) groups excluding carboxylic acids is 2. The maximum Gasteiger partial charge on any atom is 0.331 e. The lowest BCUT2D eigenvalue weighted by Gasteiger charge is -2.07. The topological polar surface area (TPSA) is 73.9 Å². The lowest BCUT2D eigenvalue weighted by Crippen LogP contribution is -2.31. The van der Waals surface area contributed by atoms with Gasteiger partial charge in [0.2, 0.25) is 0 Å². The van der Waals surface area contributed by atoms with Crippen LogP contribution in [0.15, 0.2) is 24.3 Å². The third-order valence-electron chi connectivity index (χ3n) is 2.84. The van der Waals surface area contributed by atoms with Gasteiger partial charge < -0.3 is 19.5 Å². The van der Waals surface area contributed by atoms with Gasteiger partial charge in [-0.2, -0.15) is 0 Å². The molecule has 0 saturated carbocycles. The van der Waals surface area contributed by atoms with Crippen LogP contribution in [0.1, 0.15) is 19.4 Å². The molecule has 0 aliphatic rings. The van der Waals surface area contributed by atoms with Crippen LogP contribution in [0.4, 0.5) is 0 Å². The van der Waals surface area contributed by atoms with Crippen LogP contribution in [0.5, 0.6) is 11.5 Å². The van der Waals surface area contributed by atoms with E-state index in [9.17, 15) is 9.59 Å². The van der Waals surface area contributed by atoms with Gasteiger partial charge in [0.25, 0.3) is 5.91 Å². The summed E-state index contributed by atoms with van der Waals surface area (Å²) in [5.74, 6) is 0.670. The van der Waals surface area contributed by atoms with Crippen LogP contribution in [-0.4, -0.2) is 39.2 Å². The molecule has 0 radical (unpaired) electrons. The molecule has 0 unspecified atom stereocenters. The standard InChI is InChI=1S/C17H23NO5/c1-12(2)10-18-16(19)11-23-17(20)6-5-13-7-14(21-3)9-15(8-13)22-4/h5-9,12H,10-11H2,1-4H3,(H,18,19)/b6-5+. The average molecular weight is 321 g/mol. The van der Waals surface area contributed by atoms with Crippen molar-refractivity contribution in [2.24, 2.45) is 5.92 Å². The van der Waals surface area contributed by atoms with Gasteiger partial charge in [0, 0.05) is 18.7 Å². The molecule has 0 aliphatic heterocycles. The Balaban J connectivity index is 2.53. The van der Waals surface area contributed by atoms with Crippen molar-refractivity contribution in [2.75, 3.05) is 27.4 Å². The second kappa shape index (κ2) is 9.50. The van der Waals surface area contributed by atoms with Gasteiger partial charge in [-0.15, -0.1) is 0 Å². The fraction of sp³-hybridized carbons (Fsp3) is 0.412. The highest BCUT2D eigenvalue weighted by molar-refractivity contribution is 5.89. The van der Waals surface area contributed by atoms with E-state index in [0.717, 1.165) is 5.56 Å². The molecule has 0 atom stereocenters. The van der Waals surface area contributed by atoms with E-state index in [-0.39, 0.29) is 12.5 Å². The zero-order chi connectivity index (χ0) is 17.2. The van der Waals surface area contributed by atoms with Crippen LogP contribution in [0.25, 0.3) is 6.08 Å². The van der Waals surface area contributed by atoms with Gasteiger partial charge in [0.15, 0.2) is 6.61 Å². The van der Waals surface area contributed by atoms with Crippen molar-refractivity contribution in [1.82, 2.24) is 5.32 Å². The molecule has 1 amide bonds. The molecule has 23 heavy (non-hydrogen) atoms. The van der Waals surface area contributed by atoms with E-state index < -0.39 is 5.97 Å². The SMILES string of the molecule is COc1cc(/C=C/C(=O)OCC(=O)NCC(C)C)cc(OC)c1. The van der Waals surface area contributed by atoms with Crippen LogP contribution in [-0.2, 0) is 14.3 Å². The number of benzene rings is 1. The molecule has 0 aromatic heterocycles. The number of ether oxygens (including phenoxy) is 3. The fourth-order valence-electron chi connectivity index (χ4n) is 1.64. The van der Waals surface area contributed by atoms with Crippen molar-refractivity contribution in [1.29, 1.82) is 0 Å². The summed E-state index contributed by atoms with van der Waals surface area (Å²) in [6.07, 6.45) is 2.82. The van der Waals surface area contributed by atoms with Gasteiger partial charge in [-0.3, -0.25) is 4.79 Å². The zero-order valence-corrected chi connectivity index (χ0v) is 13.9. The smallest absolute Gasteiger partial charge is 0.331 e. The first-order valence-electron chi connectivity index (χ1n) is 7.29. The predicted molar refractivity (Wildman–Crippen MR) is 87.4 cm³/mol. The average Bonchev–Trinajstić information content (AvgIpc) is 2.55. The lowest BCUT2D eigenvalue weighted by atomic mass is 10.2. The van der Waals surface area contributed by atoms with Crippen LogP contribution in [0, 0.1) is 5.92 Å². The van der Waals surface area contributed by atoms with Gasteiger partial charge in [-0.05, 0) is 29.7 Å². The number of nitrogens with one attached hydrogen (secondary N) is 1. The summed E-state index contributed by atoms with van der Waals surface area (Å²) in [5, 5.41) is 2.67. The molecule has 1 aromatic rings. The molecule has 6 heteroatoms. The van der Waals surface area contributed by atoms with Gasteiger partial charge in [-0.25, -0.2) is 4.79 Å². The molecule has 6 nitrogen and oxygen atoms in total. The second-order valence-corrected chi connectivity index (χ2v) is 5.28. The molecule has 1 rings (SSSR count). The summed E-state index contributed by atoms with van der Waals surface area (Å²) < 4.78 is 15.2. The first-order valence-corrected chi connectivity index (χ1v) is 7.29. The molecule has 126 valence electrons. The first-order chi connectivity index (χ1) is 10.9. The maximum atomic E-state index is 11.6. The molecule has 0 spiro atoms. The number of hydrogen-bond acceptors (Lipinski definition) is 5. The number of amides is 1. The van der Waals surface area contributed by atoms with E-state index in [1.807, 2.05) is 13.8 Å². The monoisotopic (exact) mass is 321 g/mol. The second-order valence-electron chi connectivity index (χ2n) is 5.28. The van der Waals surface area contributed by atoms with Gasteiger partial charge in [0.05, 0.1) is 14.2 Å². The predicted octanol–water partition coefficient (Wildman–Crippen LogP) is 2.03. The summed E-state index contributed by atoms with van der Waals surface area (Å²) in [6, 6.07) is 5.23. The fourth-order valence-corrected chi connectivity index (χ4v) is 1.64. The molecule has 0 heterocycles. The van der Waals surface area contributed by atoms with Gasteiger partial charge >= 0.3 is 5.97 Å². The Kier molecular flexibility index (Phi) is 7.66. The highest BCUT2D eigenvalue weighted by Gasteiger charge is 2.06. The molecule has 0 saturated heterocycles. The maximum absolute atomic E-state index is 11.6. The molecule has 0 bridgehead atoms. The van der Waals surface area contributed by atoms with E-state index >= 15 is 0 Å². The van der Waals surface area contributed by atoms with Crippen LogP contribution >= 0.6 is 0 Å². The van der Waals surface area contributed by atoms with E-state index in [1.54, 1.807) is 38.5 Å². The van der Waals surface area contributed by atoms with Crippen molar-refractivity contribution in [3.63, 3.8) is 0 Å². The van der Waals surface area contributed by atoms with Crippen molar-refractivity contribution < 1.29 is 23.8 Å². The highest BCUT2D eigenvalue weighted by Crippen LogP contribution is 2.23. The summed E-state index contributed by atoms with van der Waals surface area (Å²) in [5.41, 5.74) is 0.724. The Morgan fingerprint density at radius 2 is 1.74 bits per heavy atom. The minimum Gasteiger partial charge on any atom is -0.497 e. The van der Waals surface area contributed by atoms with E-state index in [2.05, 4.69) is 5.32 Å². The normalized spacial score (nSPS) is 10.7. The minimum absolute atomic E-state index is 0.294. The number of hydrogen-bond donors (Lipinski definition) is 1. The lowest BCUT2D eigenvalue weighted by molar-refractivity contribution is -0.143. The van der Waals surface area contributed by atoms with Crippen molar-refractivity contribution in [3.05, 3.63) is 29.8 Å². The molecule has 1 N–H and O–H groups in total. The zero-order valence-electron chi connectivity index (χ0n) is 13.9. The number of carbonyl (C=O) groups is 2. The number of methoxy groups -OCH3 is 2. The molecular formula is C17H23NO5. The number of rotatable bonds is 8. The third-order valence-corrected chi connectivity index (χ3v) is 2.84. The van der Waals surface area contributed by atoms with E-state index in [4.69, 9.17) is 14.2 Å². The van der Waals surface area contributed by atoms with Gasteiger partial charge in [0.1, 0.15) is 11.5 Å². The Hall–Kier alpha value is -2.50. The van der Waals surface area contributed by atoms with Crippen LogP contribution < -0.4 is 14.8 Å². The van der Waals surface area contributed by atoms with E-state index in [1.165, 1.54) is 6.08 Å². The Morgan fingerprint density at radius 3 is 2.26 bits per heavy atom. The molecular weight excluding hydrogens is 298 g/mol. The summed E-state index contributed by atoms with van der Waals surface area (Å²) in [6.45, 7) is 4.22. The van der Waals surface area contributed by atoms with E-state index in [0.29, 0.717) is 24.0 Å². The minimum atomic E-state index is -0.591. The summed E-state index contributed by atoms with van der Waals surface area (Å²) in [7, 11) is 3.10. The molecule has 0 aliphatic carbocycles. The van der Waals surface area contributed by atoms with Gasteiger partial charge in [-0.1, -0.05) is 13.8 Å². The highest BCUT2D eigenvalue weighted by atomic mass is 16.5. The Labute approximate surface area is 136 Å². The summed E-state index contributed by atoms with van der Waals surface area (Å²) >= 11 is 0. The van der Waals surface area contributed by atoms with Crippen molar-refractivity contribution in [3.8, 4) is 11.5 Å². The molecule has 0 fully saturated rings. The quantitative estimate of drug-likeness (QED) is 0.586. The Morgan fingerprint density at radius 1 is 1.13 bits per heavy atom. The van der Waals surface area contributed by atoms with Crippen LogP contribution in [0.3, 0.4) is 0 Å². The first kappa shape index (κ1) is 18.5.